The number of carbonyl (C=O) groups is 1. The number of benzene rings is 1. The molecule has 118 valence electrons. The van der Waals surface area contributed by atoms with E-state index in [9.17, 15) is 4.79 Å². The van der Waals surface area contributed by atoms with Crippen molar-refractivity contribution in [2.75, 3.05) is 7.11 Å². The van der Waals surface area contributed by atoms with Gasteiger partial charge >= 0.3 is 7.12 Å². The molecule has 1 aromatic carbocycles. The van der Waals surface area contributed by atoms with Crippen LogP contribution in [-0.2, 0) is 14.1 Å². The van der Waals surface area contributed by atoms with Crippen LogP contribution in [-0.4, -0.2) is 31.2 Å². The van der Waals surface area contributed by atoms with Crippen LogP contribution in [0.15, 0.2) is 24.3 Å². The molecular weight excluding hydrogens is 279 g/mol. The second-order valence-electron chi connectivity index (χ2n) is 6.53. The third-order valence-corrected chi connectivity index (χ3v) is 4.30. The number of allylic oxidation sites excluding steroid dienone is 1. The Balaban J connectivity index is 2.41. The van der Waals surface area contributed by atoms with Crippen LogP contribution in [0.5, 0.6) is 5.75 Å². The zero-order valence-corrected chi connectivity index (χ0v) is 14.1. The normalized spacial score (nSPS) is 19.6. The van der Waals surface area contributed by atoms with E-state index in [4.69, 9.17) is 14.0 Å². The van der Waals surface area contributed by atoms with Crippen molar-refractivity contribution in [1.29, 1.82) is 0 Å². The summed E-state index contributed by atoms with van der Waals surface area (Å²) in [5, 5.41) is 0. The van der Waals surface area contributed by atoms with Gasteiger partial charge in [-0.2, -0.15) is 0 Å². The van der Waals surface area contributed by atoms with Crippen LogP contribution in [0.25, 0.3) is 6.08 Å². The molecule has 0 unspecified atom stereocenters. The summed E-state index contributed by atoms with van der Waals surface area (Å²) >= 11 is 0. The molecule has 1 aromatic rings. The first-order chi connectivity index (χ1) is 10.2. The van der Waals surface area contributed by atoms with Crippen molar-refractivity contribution in [3.8, 4) is 5.75 Å². The highest BCUT2D eigenvalue weighted by molar-refractivity contribution is 6.63. The highest BCUT2D eigenvalue weighted by Gasteiger charge is 2.52. The van der Waals surface area contributed by atoms with Crippen LogP contribution in [0.2, 0.25) is 0 Å². The third-order valence-electron chi connectivity index (χ3n) is 4.30. The topological polar surface area (TPSA) is 44.8 Å². The van der Waals surface area contributed by atoms with Gasteiger partial charge in [0.15, 0.2) is 5.78 Å². The Morgan fingerprint density at radius 3 is 2.27 bits per heavy atom. The predicted octanol–water partition coefficient (Wildman–Crippen LogP) is 2.60. The maximum absolute atomic E-state index is 11.2. The second kappa shape index (κ2) is 5.90. The molecule has 2 rings (SSSR count). The minimum absolute atomic E-state index is 0.0114. The van der Waals surface area contributed by atoms with Crippen molar-refractivity contribution in [3.05, 3.63) is 29.8 Å². The minimum atomic E-state index is -0.470. The molecule has 0 spiro atoms. The summed E-state index contributed by atoms with van der Waals surface area (Å²) in [5.41, 5.74) is 0.934. The number of ether oxygens (including phenoxy) is 1. The molecule has 0 aliphatic carbocycles. The maximum atomic E-state index is 11.2. The number of rotatable bonds is 4. The standard InChI is InChI=1S/C17H23BO4/c1-12(19)7-8-13-11-14(20-6)9-10-15(13)18-21-16(2,3)17(4,5)22-18/h7-11H,1-6H3/b8-7+. The fraction of sp³-hybridized carbons (Fsp3) is 0.471. The third kappa shape index (κ3) is 3.26. The number of carbonyl (C=O) groups excluding carboxylic acids is 1. The fourth-order valence-corrected chi connectivity index (χ4v) is 2.22. The van der Waals surface area contributed by atoms with E-state index in [-0.39, 0.29) is 5.78 Å². The molecule has 1 fully saturated rings. The van der Waals surface area contributed by atoms with E-state index in [2.05, 4.69) is 0 Å². The Morgan fingerprint density at radius 1 is 1.18 bits per heavy atom. The second-order valence-corrected chi connectivity index (χ2v) is 6.53. The van der Waals surface area contributed by atoms with Gasteiger partial charge in [-0.1, -0.05) is 12.1 Å². The first-order valence-electron chi connectivity index (χ1n) is 7.38. The zero-order valence-electron chi connectivity index (χ0n) is 14.1. The van der Waals surface area contributed by atoms with Crippen LogP contribution in [0.1, 0.15) is 40.2 Å². The van der Waals surface area contributed by atoms with E-state index in [0.29, 0.717) is 0 Å². The summed E-state index contributed by atoms with van der Waals surface area (Å²) in [4.78, 5) is 11.2. The Kier molecular flexibility index (Phi) is 4.50. The smallest absolute Gasteiger partial charge is 0.495 e. The Morgan fingerprint density at radius 2 is 1.77 bits per heavy atom. The summed E-state index contributed by atoms with van der Waals surface area (Å²) in [6.07, 6.45) is 3.30. The number of hydrogen-bond acceptors (Lipinski definition) is 4. The molecule has 0 aromatic heterocycles. The van der Waals surface area contributed by atoms with E-state index in [1.54, 1.807) is 13.2 Å². The number of hydrogen-bond donors (Lipinski definition) is 0. The van der Waals surface area contributed by atoms with E-state index in [1.807, 2.05) is 45.9 Å². The fourth-order valence-electron chi connectivity index (χ4n) is 2.22. The van der Waals surface area contributed by atoms with Gasteiger partial charge in [0.2, 0.25) is 0 Å². The number of methoxy groups -OCH3 is 1. The summed E-state index contributed by atoms with van der Waals surface area (Å²) in [5.74, 6) is 0.714. The van der Waals surface area contributed by atoms with Gasteiger partial charge in [0.1, 0.15) is 5.75 Å². The van der Waals surface area contributed by atoms with E-state index in [1.165, 1.54) is 13.0 Å². The molecule has 5 heteroatoms. The van der Waals surface area contributed by atoms with Crippen molar-refractivity contribution in [2.45, 2.75) is 45.8 Å². The van der Waals surface area contributed by atoms with Crippen LogP contribution >= 0.6 is 0 Å². The largest absolute Gasteiger partial charge is 0.497 e. The van der Waals surface area contributed by atoms with Gasteiger partial charge in [0.05, 0.1) is 18.3 Å². The number of ketones is 1. The van der Waals surface area contributed by atoms with Gasteiger partial charge in [-0.25, -0.2) is 0 Å². The monoisotopic (exact) mass is 302 g/mol. The zero-order chi connectivity index (χ0) is 16.5. The summed E-state index contributed by atoms with van der Waals surface area (Å²) in [6, 6.07) is 5.66. The first kappa shape index (κ1) is 16.8. The lowest BCUT2D eigenvalue weighted by Gasteiger charge is -2.32. The molecule has 1 saturated heterocycles. The molecule has 1 aliphatic rings. The molecule has 1 aliphatic heterocycles. The molecule has 0 amide bonds. The molecule has 0 N–H and O–H groups in total. The molecule has 0 radical (unpaired) electrons. The molecule has 1 heterocycles. The quantitative estimate of drug-likeness (QED) is 0.633. The highest BCUT2D eigenvalue weighted by atomic mass is 16.7. The van der Waals surface area contributed by atoms with Crippen LogP contribution in [0, 0.1) is 0 Å². The Bertz CT molecular complexity index is 589. The Labute approximate surface area is 132 Å². The highest BCUT2D eigenvalue weighted by Crippen LogP contribution is 2.36. The Hall–Kier alpha value is -1.59. The van der Waals surface area contributed by atoms with Gasteiger partial charge in [0.25, 0.3) is 0 Å². The molecule has 0 bridgehead atoms. The van der Waals surface area contributed by atoms with Crippen molar-refractivity contribution in [2.24, 2.45) is 0 Å². The molecule has 0 atom stereocenters. The van der Waals surface area contributed by atoms with Gasteiger partial charge in [0, 0.05) is 0 Å². The van der Waals surface area contributed by atoms with Gasteiger partial charge in [-0.3, -0.25) is 4.79 Å². The lowest BCUT2D eigenvalue weighted by atomic mass is 9.75. The molecular formula is C17H23BO4. The minimum Gasteiger partial charge on any atom is -0.497 e. The average Bonchev–Trinajstić information content (AvgIpc) is 2.64. The average molecular weight is 302 g/mol. The van der Waals surface area contributed by atoms with Crippen LogP contribution in [0.3, 0.4) is 0 Å². The van der Waals surface area contributed by atoms with Gasteiger partial charge in [-0.05, 0) is 63.9 Å². The summed E-state index contributed by atoms with van der Waals surface area (Å²) in [6.45, 7) is 9.58. The lowest BCUT2D eigenvalue weighted by Crippen LogP contribution is -2.41. The summed E-state index contributed by atoms with van der Waals surface area (Å²) < 4.78 is 17.4. The summed E-state index contributed by atoms with van der Waals surface area (Å²) in [7, 11) is 1.14. The SMILES string of the molecule is COc1ccc(B2OC(C)(C)C(C)(C)O2)c(/C=C/C(C)=O)c1. The molecule has 0 saturated carbocycles. The first-order valence-corrected chi connectivity index (χ1v) is 7.38. The van der Waals surface area contributed by atoms with Crippen molar-refractivity contribution in [1.82, 2.24) is 0 Å². The van der Waals surface area contributed by atoms with Gasteiger partial charge in [-0.15, -0.1) is 0 Å². The predicted molar refractivity (Wildman–Crippen MR) is 88.4 cm³/mol. The van der Waals surface area contributed by atoms with E-state index >= 15 is 0 Å². The van der Waals surface area contributed by atoms with Crippen LogP contribution < -0.4 is 10.2 Å². The van der Waals surface area contributed by atoms with Crippen molar-refractivity contribution in [3.63, 3.8) is 0 Å². The lowest BCUT2D eigenvalue weighted by molar-refractivity contribution is -0.112. The van der Waals surface area contributed by atoms with Crippen molar-refractivity contribution < 1.29 is 18.8 Å². The molecule has 22 heavy (non-hydrogen) atoms. The van der Waals surface area contributed by atoms with E-state index in [0.717, 1.165) is 16.8 Å². The van der Waals surface area contributed by atoms with Crippen molar-refractivity contribution >= 4 is 24.4 Å². The van der Waals surface area contributed by atoms with Crippen LogP contribution in [0.4, 0.5) is 0 Å². The molecule has 4 nitrogen and oxygen atoms in total. The van der Waals surface area contributed by atoms with E-state index < -0.39 is 18.3 Å². The van der Waals surface area contributed by atoms with Gasteiger partial charge < -0.3 is 14.0 Å². The maximum Gasteiger partial charge on any atom is 0.495 e.